The lowest BCUT2D eigenvalue weighted by Gasteiger charge is -2.11. The van der Waals surface area contributed by atoms with Crippen LogP contribution in [0.25, 0.3) is 0 Å². The molecule has 1 aliphatic heterocycles. The summed E-state index contributed by atoms with van der Waals surface area (Å²) in [5, 5.41) is 7.86. The van der Waals surface area contributed by atoms with Crippen LogP contribution in [0.2, 0.25) is 0 Å². The molecule has 19 heavy (non-hydrogen) atoms. The molecule has 1 aromatic heterocycles. The van der Waals surface area contributed by atoms with Gasteiger partial charge >= 0.3 is 0 Å². The van der Waals surface area contributed by atoms with E-state index >= 15 is 0 Å². The molecule has 0 bridgehead atoms. The number of aromatic nitrogens is 1. The Kier molecular flexibility index (Phi) is 4.54. The summed E-state index contributed by atoms with van der Waals surface area (Å²) in [6.45, 7) is 1.12. The van der Waals surface area contributed by atoms with Crippen LogP contribution in [-0.4, -0.2) is 11.7 Å². The van der Waals surface area contributed by atoms with Crippen molar-refractivity contribution < 1.29 is 4.52 Å². The van der Waals surface area contributed by atoms with Gasteiger partial charge in [-0.3, -0.25) is 0 Å². The highest BCUT2D eigenvalue weighted by Crippen LogP contribution is 2.32. The normalized spacial score (nSPS) is 26.8. The minimum Gasteiger partial charge on any atom is -0.359 e. The summed E-state index contributed by atoms with van der Waals surface area (Å²) in [5.41, 5.74) is 1.21. The predicted octanol–water partition coefficient (Wildman–Crippen LogP) is 4.32. The average Bonchev–Trinajstić information content (AvgIpc) is 3.11. The third kappa shape index (κ3) is 3.38. The van der Waals surface area contributed by atoms with Crippen molar-refractivity contribution >= 4 is 0 Å². The lowest BCUT2D eigenvalue weighted by atomic mass is 9.93. The van der Waals surface area contributed by atoms with E-state index in [2.05, 4.69) is 16.5 Å². The summed E-state index contributed by atoms with van der Waals surface area (Å²) in [4.78, 5) is 0. The second-order valence-corrected chi connectivity index (χ2v) is 6.20. The predicted molar refractivity (Wildman–Crippen MR) is 76.2 cm³/mol. The van der Waals surface area contributed by atoms with E-state index in [4.69, 9.17) is 4.52 Å². The first-order chi connectivity index (χ1) is 9.43. The van der Waals surface area contributed by atoms with E-state index < -0.39 is 0 Å². The van der Waals surface area contributed by atoms with Gasteiger partial charge in [0, 0.05) is 12.0 Å². The molecule has 1 aromatic rings. The van der Waals surface area contributed by atoms with Gasteiger partial charge in [0.05, 0.1) is 11.7 Å². The Balaban J connectivity index is 1.65. The van der Waals surface area contributed by atoms with Crippen LogP contribution in [0.5, 0.6) is 0 Å². The SMILES string of the molecule is c1c(C2CCCCCCCC2)noc1[C@@H]1CCCN1. The van der Waals surface area contributed by atoms with Crippen LogP contribution in [0.1, 0.15) is 87.6 Å². The van der Waals surface area contributed by atoms with Gasteiger partial charge in [0.15, 0.2) is 5.76 Å². The van der Waals surface area contributed by atoms with Crippen LogP contribution < -0.4 is 5.32 Å². The largest absolute Gasteiger partial charge is 0.359 e. The molecule has 0 radical (unpaired) electrons. The van der Waals surface area contributed by atoms with Crippen molar-refractivity contribution in [1.29, 1.82) is 0 Å². The maximum atomic E-state index is 5.59. The number of nitrogens with one attached hydrogen (secondary N) is 1. The van der Waals surface area contributed by atoms with Gasteiger partial charge in [-0.05, 0) is 32.2 Å². The Morgan fingerprint density at radius 1 is 0.947 bits per heavy atom. The van der Waals surface area contributed by atoms with Crippen molar-refractivity contribution in [2.45, 2.75) is 76.2 Å². The van der Waals surface area contributed by atoms with Crippen molar-refractivity contribution in [2.24, 2.45) is 0 Å². The van der Waals surface area contributed by atoms with Crippen LogP contribution in [0.15, 0.2) is 10.6 Å². The molecular weight excluding hydrogens is 236 g/mol. The van der Waals surface area contributed by atoms with E-state index in [0.717, 1.165) is 12.3 Å². The van der Waals surface area contributed by atoms with Crippen molar-refractivity contribution in [3.8, 4) is 0 Å². The summed E-state index contributed by atoms with van der Waals surface area (Å²) in [5.74, 6) is 1.70. The summed E-state index contributed by atoms with van der Waals surface area (Å²) in [6, 6.07) is 2.64. The molecule has 0 spiro atoms. The van der Waals surface area contributed by atoms with Crippen molar-refractivity contribution in [3.05, 3.63) is 17.5 Å². The van der Waals surface area contributed by atoms with Gasteiger partial charge in [-0.2, -0.15) is 0 Å². The molecule has 0 amide bonds. The van der Waals surface area contributed by atoms with E-state index in [1.807, 2.05) is 0 Å². The Bertz CT molecular complexity index is 372. The standard InChI is InChI=1S/C16H26N2O/c1-2-4-6-9-13(8-5-3-1)15-12-16(19-18-15)14-10-7-11-17-14/h12-14,17H,1-11H2/t14-/m0/s1. The number of nitrogens with zero attached hydrogens (tertiary/aromatic N) is 1. The highest BCUT2D eigenvalue weighted by atomic mass is 16.5. The molecule has 2 fully saturated rings. The van der Waals surface area contributed by atoms with Crippen LogP contribution in [-0.2, 0) is 0 Å². The van der Waals surface area contributed by atoms with Gasteiger partial charge < -0.3 is 9.84 Å². The molecule has 2 heterocycles. The minimum atomic E-state index is 0.414. The van der Waals surface area contributed by atoms with Crippen molar-refractivity contribution in [2.75, 3.05) is 6.54 Å². The van der Waals surface area contributed by atoms with Gasteiger partial charge in [0.1, 0.15) is 0 Å². The molecule has 1 aliphatic carbocycles. The molecule has 106 valence electrons. The first-order valence-electron chi connectivity index (χ1n) is 8.13. The average molecular weight is 262 g/mol. The molecule has 3 rings (SSSR count). The lowest BCUT2D eigenvalue weighted by molar-refractivity contribution is 0.341. The fourth-order valence-corrected chi connectivity index (χ4v) is 3.52. The molecule has 1 saturated carbocycles. The molecule has 2 aliphatic rings. The van der Waals surface area contributed by atoms with Gasteiger partial charge in [0.2, 0.25) is 0 Å². The molecule has 0 aromatic carbocycles. The third-order valence-electron chi connectivity index (χ3n) is 4.72. The fraction of sp³-hybridized carbons (Fsp3) is 0.812. The summed E-state index contributed by atoms with van der Waals surface area (Å²) in [6.07, 6.45) is 13.4. The third-order valence-corrected chi connectivity index (χ3v) is 4.72. The second kappa shape index (κ2) is 6.56. The Labute approximate surface area is 116 Å². The zero-order valence-corrected chi connectivity index (χ0v) is 11.9. The molecule has 3 heteroatoms. The second-order valence-electron chi connectivity index (χ2n) is 6.20. The Morgan fingerprint density at radius 3 is 2.37 bits per heavy atom. The van der Waals surface area contributed by atoms with Gasteiger partial charge in [-0.15, -0.1) is 0 Å². The number of hydrogen-bond acceptors (Lipinski definition) is 3. The molecule has 1 saturated heterocycles. The minimum absolute atomic E-state index is 0.414. The quantitative estimate of drug-likeness (QED) is 0.862. The zero-order valence-electron chi connectivity index (χ0n) is 11.9. The van der Waals surface area contributed by atoms with E-state index in [-0.39, 0.29) is 0 Å². The highest BCUT2D eigenvalue weighted by molar-refractivity contribution is 5.14. The Hall–Kier alpha value is -0.830. The number of hydrogen-bond donors (Lipinski definition) is 1. The molecule has 0 unspecified atom stereocenters. The first kappa shape index (κ1) is 13.2. The first-order valence-corrected chi connectivity index (χ1v) is 8.13. The maximum absolute atomic E-state index is 5.59. The van der Waals surface area contributed by atoms with Crippen LogP contribution in [0.4, 0.5) is 0 Å². The molecular formula is C16H26N2O. The van der Waals surface area contributed by atoms with Crippen LogP contribution in [0, 0.1) is 0 Å². The zero-order chi connectivity index (χ0) is 12.9. The molecule has 1 N–H and O–H groups in total. The number of rotatable bonds is 2. The monoisotopic (exact) mass is 262 g/mol. The van der Waals surface area contributed by atoms with E-state index in [1.54, 1.807) is 0 Å². The summed E-state index contributed by atoms with van der Waals surface area (Å²) < 4.78 is 5.59. The molecule has 3 nitrogen and oxygen atoms in total. The topological polar surface area (TPSA) is 38.1 Å². The van der Waals surface area contributed by atoms with Gasteiger partial charge in [-0.25, -0.2) is 0 Å². The van der Waals surface area contributed by atoms with E-state index in [9.17, 15) is 0 Å². The van der Waals surface area contributed by atoms with Crippen LogP contribution >= 0.6 is 0 Å². The summed E-state index contributed by atoms with van der Waals surface area (Å²) >= 11 is 0. The maximum Gasteiger partial charge on any atom is 0.153 e. The van der Waals surface area contributed by atoms with Gasteiger partial charge in [-0.1, -0.05) is 43.7 Å². The smallest absolute Gasteiger partial charge is 0.153 e. The van der Waals surface area contributed by atoms with Crippen molar-refractivity contribution in [3.63, 3.8) is 0 Å². The van der Waals surface area contributed by atoms with Gasteiger partial charge in [0.25, 0.3) is 0 Å². The lowest BCUT2D eigenvalue weighted by Crippen LogP contribution is -2.11. The summed E-state index contributed by atoms with van der Waals surface area (Å²) in [7, 11) is 0. The van der Waals surface area contributed by atoms with E-state index in [1.165, 1.54) is 69.9 Å². The molecule has 1 atom stereocenters. The van der Waals surface area contributed by atoms with Crippen LogP contribution in [0.3, 0.4) is 0 Å². The van der Waals surface area contributed by atoms with Crippen molar-refractivity contribution in [1.82, 2.24) is 10.5 Å². The Morgan fingerprint density at radius 2 is 1.68 bits per heavy atom. The fourth-order valence-electron chi connectivity index (χ4n) is 3.52. The van der Waals surface area contributed by atoms with E-state index in [0.29, 0.717) is 12.0 Å². The highest BCUT2D eigenvalue weighted by Gasteiger charge is 2.23.